The summed E-state index contributed by atoms with van der Waals surface area (Å²) in [6, 6.07) is 15.8. The molecule has 1 amide bonds. The molecule has 2 aliphatic heterocycles. The molecule has 0 bridgehead atoms. The summed E-state index contributed by atoms with van der Waals surface area (Å²) in [6.07, 6.45) is 0.654. The molecule has 6 heteroatoms. The van der Waals surface area contributed by atoms with Gasteiger partial charge in [0.15, 0.2) is 0 Å². The van der Waals surface area contributed by atoms with Gasteiger partial charge in [0.2, 0.25) is 0 Å². The predicted octanol–water partition coefficient (Wildman–Crippen LogP) is 3.66. The Morgan fingerprint density at radius 2 is 1.86 bits per heavy atom. The number of hydrazone groups is 1. The van der Waals surface area contributed by atoms with Crippen molar-refractivity contribution < 1.29 is 9.53 Å². The highest BCUT2D eigenvalue weighted by atomic mass is 35.5. The van der Waals surface area contributed by atoms with E-state index in [0.717, 1.165) is 29.9 Å². The number of amides is 1. The van der Waals surface area contributed by atoms with E-state index in [0.29, 0.717) is 31.2 Å². The van der Waals surface area contributed by atoms with E-state index in [4.69, 9.17) is 21.4 Å². The predicted molar refractivity (Wildman–Crippen MR) is 111 cm³/mol. The van der Waals surface area contributed by atoms with Crippen LogP contribution in [0.3, 0.4) is 0 Å². The van der Waals surface area contributed by atoms with Gasteiger partial charge in [0.25, 0.3) is 5.91 Å². The topological polar surface area (TPSA) is 45.1 Å². The van der Waals surface area contributed by atoms with Gasteiger partial charge in [0.1, 0.15) is 0 Å². The zero-order valence-electron chi connectivity index (χ0n) is 16.0. The quantitative estimate of drug-likeness (QED) is 0.790. The van der Waals surface area contributed by atoms with Crippen LogP contribution < -0.4 is 0 Å². The van der Waals surface area contributed by atoms with Crippen molar-refractivity contribution in [2.45, 2.75) is 19.4 Å². The Bertz CT molecular complexity index is 876. The lowest BCUT2D eigenvalue weighted by atomic mass is 9.98. The number of hydrogen-bond donors (Lipinski definition) is 0. The van der Waals surface area contributed by atoms with Crippen molar-refractivity contribution in [3.63, 3.8) is 0 Å². The van der Waals surface area contributed by atoms with Crippen LogP contribution >= 0.6 is 11.6 Å². The summed E-state index contributed by atoms with van der Waals surface area (Å²) in [7, 11) is 0. The lowest BCUT2D eigenvalue weighted by Crippen LogP contribution is -2.43. The Morgan fingerprint density at radius 3 is 2.57 bits per heavy atom. The molecule has 28 heavy (non-hydrogen) atoms. The van der Waals surface area contributed by atoms with E-state index in [1.807, 2.05) is 24.3 Å². The Balaban J connectivity index is 1.62. The van der Waals surface area contributed by atoms with Crippen LogP contribution in [0.5, 0.6) is 0 Å². The van der Waals surface area contributed by atoms with Crippen LogP contribution in [0.25, 0.3) is 0 Å². The number of ether oxygens (including phenoxy) is 1. The van der Waals surface area contributed by atoms with Crippen LogP contribution in [0.1, 0.15) is 29.2 Å². The normalized spacial score (nSPS) is 20.3. The fourth-order valence-electron chi connectivity index (χ4n) is 3.67. The fourth-order valence-corrected chi connectivity index (χ4v) is 3.93. The van der Waals surface area contributed by atoms with E-state index in [2.05, 4.69) is 36.1 Å². The third kappa shape index (κ3) is 4.12. The van der Waals surface area contributed by atoms with Crippen LogP contribution in [-0.4, -0.2) is 54.4 Å². The molecule has 0 aliphatic carbocycles. The number of hydrogen-bond acceptors (Lipinski definition) is 4. The van der Waals surface area contributed by atoms with Crippen LogP contribution in [0, 0.1) is 6.92 Å². The molecule has 2 heterocycles. The fraction of sp³-hybridized carbons (Fsp3) is 0.364. The van der Waals surface area contributed by atoms with Gasteiger partial charge in [-0.3, -0.25) is 9.69 Å². The molecule has 0 aromatic heterocycles. The first-order chi connectivity index (χ1) is 13.6. The lowest BCUT2D eigenvalue weighted by molar-refractivity contribution is -0.135. The number of benzene rings is 2. The maximum absolute atomic E-state index is 13.1. The highest BCUT2D eigenvalue weighted by molar-refractivity contribution is 6.31. The molecule has 0 radical (unpaired) electrons. The van der Waals surface area contributed by atoms with Crippen LogP contribution in [0.2, 0.25) is 5.02 Å². The molecular formula is C22H24ClN3O2. The summed E-state index contributed by atoms with van der Waals surface area (Å²) in [6.45, 7) is 5.27. The molecule has 0 spiro atoms. The van der Waals surface area contributed by atoms with Gasteiger partial charge in [-0.15, -0.1) is 0 Å². The van der Waals surface area contributed by atoms with Gasteiger partial charge in [-0.2, -0.15) is 5.10 Å². The summed E-state index contributed by atoms with van der Waals surface area (Å²) in [5.41, 5.74) is 4.10. The molecule has 1 saturated heterocycles. The molecule has 146 valence electrons. The van der Waals surface area contributed by atoms with E-state index in [9.17, 15) is 4.79 Å². The van der Waals surface area contributed by atoms with Gasteiger partial charge < -0.3 is 4.74 Å². The highest BCUT2D eigenvalue weighted by Gasteiger charge is 2.34. The van der Waals surface area contributed by atoms with Crippen molar-refractivity contribution >= 4 is 23.2 Å². The molecule has 5 nitrogen and oxygen atoms in total. The number of halogens is 1. The van der Waals surface area contributed by atoms with Crippen molar-refractivity contribution in [2.24, 2.45) is 5.10 Å². The molecule has 2 aliphatic rings. The van der Waals surface area contributed by atoms with Crippen molar-refractivity contribution in [3.8, 4) is 0 Å². The van der Waals surface area contributed by atoms with E-state index >= 15 is 0 Å². The van der Waals surface area contributed by atoms with Crippen LogP contribution in [0.4, 0.5) is 0 Å². The Kier molecular flexibility index (Phi) is 5.76. The maximum atomic E-state index is 13.1. The van der Waals surface area contributed by atoms with Crippen LogP contribution in [-0.2, 0) is 9.53 Å². The zero-order valence-corrected chi connectivity index (χ0v) is 16.7. The monoisotopic (exact) mass is 397 g/mol. The van der Waals surface area contributed by atoms with Crippen molar-refractivity contribution in [3.05, 3.63) is 70.2 Å². The first-order valence-corrected chi connectivity index (χ1v) is 10.0. The Morgan fingerprint density at radius 1 is 1.14 bits per heavy atom. The second kappa shape index (κ2) is 8.43. The van der Waals surface area contributed by atoms with Gasteiger partial charge in [0.05, 0.1) is 31.5 Å². The van der Waals surface area contributed by atoms with Gasteiger partial charge in [-0.05, 0) is 24.1 Å². The standard InChI is InChI=1S/C22H24ClN3O2/c1-16-6-8-17(9-7-16)20-14-21(18-4-2-3-5-19(18)23)26(24-20)22(27)15-25-10-12-28-13-11-25/h2-9,21H,10-15H2,1H3. The highest BCUT2D eigenvalue weighted by Crippen LogP contribution is 2.36. The van der Waals surface area contributed by atoms with E-state index in [1.165, 1.54) is 5.56 Å². The molecule has 1 fully saturated rings. The first-order valence-electron chi connectivity index (χ1n) is 9.63. The molecule has 2 aromatic rings. The molecule has 0 saturated carbocycles. The largest absolute Gasteiger partial charge is 0.379 e. The summed E-state index contributed by atoms with van der Waals surface area (Å²) in [5, 5.41) is 7.03. The lowest BCUT2D eigenvalue weighted by Gasteiger charge is -2.29. The average Bonchev–Trinajstić information content (AvgIpc) is 3.15. The summed E-state index contributed by atoms with van der Waals surface area (Å²) < 4.78 is 5.39. The van der Waals surface area contributed by atoms with E-state index in [1.54, 1.807) is 5.01 Å². The SMILES string of the molecule is Cc1ccc(C2=NN(C(=O)CN3CCOCC3)C(c3ccccc3Cl)C2)cc1. The maximum Gasteiger partial charge on any atom is 0.257 e. The zero-order chi connectivity index (χ0) is 19.5. The van der Waals surface area contributed by atoms with E-state index < -0.39 is 0 Å². The van der Waals surface area contributed by atoms with Crippen LogP contribution in [0.15, 0.2) is 53.6 Å². The van der Waals surface area contributed by atoms with Crippen molar-refractivity contribution in [2.75, 3.05) is 32.8 Å². The third-order valence-electron chi connectivity index (χ3n) is 5.28. The van der Waals surface area contributed by atoms with Gasteiger partial charge in [-0.1, -0.05) is 59.6 Å². The summed E-state index contributed by atoms with van der Waals surface area (Å²) >= 11 is 6.46. The number of morpholine rings is 1. The third-order valence-corrected chi connectivity index (χ3v) is 5.62. The van der Waals surface area contributed by atoms with Crippen molar-refractivity contribution in [1.29, 1.82) is 0 Å². The second-order valence-corrected chi connectivity index (χ2v) is 7.69. The van der Waals surface area contributed by atoms with Gasteiger partial charge in [-0.25, -0.2) is 5.01 Å². The molecule has 0 N–H and O–H groups in total. The molecule has 1 atom stereocenters. The van der Waals surface area contributed by atoms with E-state index in [-0.39, 0.29) is 11.9 Å². The number of nitrogens with zero attached hydrogens (tertiary/aromatic N) is 3. The molecular weight excluding hydrogens is 374 g/mol. The van der Waals surface area contributed by atoms with Gasteiger partial charge in [0, 0.05) is 24.5 Å². The smallest absolute Gasteiger partial charge is 0.257 e. The number of carbonyl (C=O) groups is 1. The molecule has 1 unspecified atom stereocenters. The first kappa shape index (κ1) is 19.1. The minimum Gasteiger partial charge on any atom is -0.379 e. The second-order valence-electron chi connectivity index (χ2n) is 7.28. The Labute approximate surface area is 170 Å². The summed E-state index contributed by atoms with van der Waals surface area (Å²) in [5.74, 6) is -0.00562. The average molecular weight is 398 g/mol. The number of rotatable bonds is 4. The molecule has 4 rings (SSSR count). The number of carbonyl (C=O) groups excluding carboxylic acids is 1. The molecule has 2 aromatic carbocycles. The van der Waals surface area contributed by atoms with Gasteiger partial charge >= 0.3 is 0 Å². The minimum atomic E-state index is -0.182. The summed E-state index contributed by atoms with van der Waals surface area (Å²) in [4.78, 5) is 15.3. The Hall–Kier alpha value is -2.21. The van der Waals surface area contributed by atoms with Crippen molar-refractivity contribution in [1.82, 2.24) is 9.91 Å². The number of aryl methyl sites for hydroxylation is 1. The minimum absolute atomic E-state index is 0.00562.